The molecule has 1 N–H and O–H groups in total. The van der Waals surface area contributed by atoms with Crippen LogP contribution in [0.1, 0.15) is 41.6 Å². The van der Waals surface area contributed by atoms with Gasteiger partial charge >= 0.3 is 0 Å². The van der Waals surface area contributed by atoms with E-state index in [1.165, 1.54) is 5.56 Å². The second-order valence-corrected chi connectivity index (χ2v) is 6.75. The van der Waals surface area contributed by atoms with E-state index in [0.29, 0.717) is 11.3 Å². The van der Waals surface area contributed by atoms with E-state index in [2.05, 4.69) is 10.3 Å². The smallest absolute Gasteiger partial charge is 0.255 e. The lowest BCUT2D eigenvalue weighted by Gasteiger charge is -2.21. The average Bonchev–Trinajstić information content (AvgIpc) is 3.31. The fraction of sp³-hybridized carbons (Fsp3) is 0.350. The van der Waals surface area contributed by atoms with Crippen LogP contribution in [0.3, 0.4) is 0 Å². The molecule has 1 aliphatic carbocycles. The summed E-state index contributed by atoms with van der Waals surface area (Å²) in [6, 6.07) is 9.20. The minimum atomic E-state index is -0.172. The minimum Gasteiger partial charge on any atom is -0.322 e. The summed E-state index contributed by atoms with van der Waals surface area (Å²) in [5.74, 6) is 0.240. The van der Waals surface area contributed by atoms with Crippen molar-refractivity contribution >= 4 is 23.2 Å². The molecule has 1 aliphatic heterocycles. The van der Waals surface area contributed by atoms with Crippen molar-refractivity contribution in [2.45, 2.75) is 32.1 Å². The normalized spacial score (nSPS) is 16.7. The number of nitrogens with zero attached hydrogens (tertiary/aromatic N) is 2. The predicted molar refractivity (Wildman–Crippen MR) is 96.6 cm³/mol. The zero-order chi connectivity index (χ0) is 17.2. The Bertz CT molecular complexity index is 798. The van der Waals surface area contributed by atoms with E-state index in [9.17, 15) is 9.59 Å². The maximum atomic E-state index is 12.8. The summed E-state index contributed by atoms with van der Waals surface area (Å²) in [5.41, 5.74) is 3.40. The lowest BCUT2D eigenvalue weighted by atomic mass is 10.1. The molecule has 25 heavy (non-hydrogen) atoms. The molecule has 0 unspecified atom stereocenters. The van der Waals surface area contributed by atoms with Crippen LogP contribution in [0.25, 0.3) is 0 Å². The molecule has 2 aliphatic rings. The Kier molecular flexibility index (Phi) is 4.22. The van der Waals surface area contributed by atoms with Crippen molar-refractivity contribution in [2.24, 2.45) is 5.92 Å². The minimum absolute atomic E-state index is 0.168. The van der Waals surface area contributed by atoms with Gasteiger partial charge in [0, 0.05) is 41.8 Å². The van der Waals surface area contributed by atoms with Gasteiger partial charge in [-0.25, -0.2) is 0 Å². The number of aromatic nitrogens is 1. The number of fused-ring (bicyclic) bond motifs is 1. The Hall–Kier alpha value is -2.69. The monoisotopic (exact) mass is 335 g/mol. The molecule has 0 bridgehead atoms. The topological polar surface area (TPSA) is 62.3 Å². The van der Waals surface area contributed by atoms with Gasteiger partial charge in [-0.2, -0.15) is 0 Å². The maximum Gasteiger partial charge on any atom is 0.255 e. The molecule has 1 fully saturated rings. The summed E-state index contributed by atoms with van der Waals surface area (Å²) in [7, 11) is 0. The van der Waals surface area contributed by atoms with Gasteiger partial charge in [-0.1, -0.05) is 18.9 Å². The fourth-order valence-electron chi connectivity index (χ4n) is 3.79. The van der Waals surface area contributed by atoms with Crippen LogP contribution in [0.5, 0.6) is 0 Å². The van der Waals surface area contributed by atoms with Crippen molar-refractivity contribution in [3.8, 4) is 0 Å². The standard InChI is InChI=1S/C20H21N3O2/c24-19(15-7-10-21-11-8-15)22-17-6-5-14-9-12-23(18(14)13-17)20(25)16-3-1-2-4-16/h5-8,10-11,13,16H,1-4,9,12H2,(H,22,24). The number of carbonyl (C=O) groups excluding carboxylic acids is 2. The molecular formula is C20H21N3O2. The number of hydrogen-bond acceptors (Lipinski definition) is 3. The summed E-state index contributed by atoms with van der Waals surface area (Å²) < 4.78 is 0. The van der Waals surface area contributed by atoms with Gasteiger partial charge in [0.05, 0.1) is 0 Å². The van der Waals surface area contributed by atoms with E-state index in [0.717, 1.165) is 44.3 Å². The molecule has 2 amide bonds. The molecule has 0 saturated heterocycles. The fourth-order valence-corrected chi connectivity index (χ4v) is 3.79. The first-order valence-electron chi connectivity index (χ1n) is 8.88. The first kappa shape index (κ1) is 15.8. The maximum absolute atomic E-state index is 12.8. The average molecular weight is 335 g/mol. The van der Waals surface area contributed by atoms with Gasteiger partial charge in [0.15, 0.2) is 0 Å². The number of amides is 2. The summed E-state index contributed by atoms with van der Waals surface area (Å²) in [4.78, 5) is 31.0. The molecule has 0 radical (unpaired) electrons. The Balaban J connectivity index is 1.54. The summed E-state index contributed by atoms with van der Waals surface area (Å²) in [5, 5.41) is 2.91. The van der Waals surface area contributed by atoms with E-state index in [-0.39, 0.29) is 17.7 Å². The van der Waals surface area contributed by atoms with Gasteiger partial charge in [-0.05, 0) is 49.1 Å². The van der Waals surface area contributed by atoms with Gasteiger partial charge in [-0.15, -0.1) is 0 Å². The van der Waals surface area contributed by atoms with Crippen LogP contribution in [0.15, 0.2) is 42.7 Å². The lowest BCUT2D eigenvalue weighted by molar-refractivity contribution is -0.122. The molecule has 1 aromatic carbocycles. The highest BCUT2D eigenvalue weighted by Crippen LogP contribution is 2.35. The number of carbonyl (C=O) groups is 2. The van der Waals surface area contributed by atoms with E-state index < -0.39 is 0 Å². The molecule has 5 heteroatoms. The van der Waals surface area contributed by atoms with Crippen LogP contribution in [0.4, 0.5) is 11.4 Å². The molecule has 0 spiro atoms. The number of rotatable bonds is 3. The molecule has 2 aromatic rings. The summed E-state index contributed by atoms with van der Waals surface area (Å²) in [6.45, 7) is 0.742. The number of anilines is 2. The van der Waals surface area contributed by atoms with E-state index in [1.54, 1.807) is 24.5 Å². The number of benzene rings is 1. The van der Waals surface area contributed by atoms with Crippen molar-refractivity contribution < 1.29 is 9.59 Å². The van der Waals surface area contributed by atoms with E-state index in [4.69, 9.17) is 0 Å². The van der Waals surface area contributed by atoms with Crippen molar-refractivity contribution in [3.63, 3.8) is 0 Å². The first-order chi connectivity index (χ1) is 12.2. The van der Waals surface area contributed by atoms with Crippen LogP contribution < -0.4 is 10.2 Å². The lowest BCUT2D eigenvalue weighted by Crippen LogP contribution is -2.33. The van der Waals surface area contributed by atoms with Crippen molar-refractivity contribution in [2.75, 3.05) is 16.8 Å². The summed E-state index contributed by atoms with van der Waals surface area (Å²) in [6.07, 6.45) is 8.39. The Labute approximate surface area is 147 Å². The zero-order valence-electron chi connectivity index (χ0n) is 14.1. The highest BCUT2D eigenvalue weighted by molar-refractivity contribution is 6.05. The quantitative estimate of drug-likeness (QED) is 0.935. The van der Waals surface area contributed by atoms with Gasteiger partial charge in [0.1, 0.15) is 0 Å². The summed E-state index contributed by atoms with van der Waals surface area (Å²) >= 11 is 0. The van der Waals surface area contributed by atoms with E-state index in [1.807, 2.05) is 23.1 Å². The van der Waals surface area contributed by atoms with Crippen LogP contribution in [0, 0.1) is 5.92 Å². The van der Waals surface area contributed by atoms with Gasteiger partial charge in [-0.3, -0.25) is 14.6 Å². The zero-order valence-corrected chi connectivity index (χ0v) is 14.1. The molecular weight excluding hydrogens is 314 g/mol. The van der Waals surface area contributed by atoms with Crippen LogP contribution in [-0.4, -0.2) is 23.3 Å². The molecule has 0 atom stereocenters. The van der Waals surface area contributed by atoms with E-state index >= 15 is 0 Å². The molecule has 4 rings (SSSR count). The molecule has 5 nitrogen and oxygen atoms in total. The third-order valence-electron chi connectivity index (χ3n) is 5.15. The van der Waals surface area contributed by atoms with Crippen molar-refractivity contribution in [1.82, 2.24) is 4.98 Å². The highest BCUT2D eigenvalue weighted by Gasteiger charge is 2.31. The van der Waals surface area contributed by atoms with Crippen LogP contribution in [0.2, 0.25) is 0 Å². The van der Waals surface area contributed by atoms with Gasteiger partial charge < -0.3 is 10.2 Å². The largest absolute Gasteiger partial charge is 0.322 e. The third kappa shape index (κ3) is 3.14. The SMILES string of the molecule is O=C(Nc1ccc2c(c1)N(C(=O)C1CCCC1)CC2)c1ccncc1. The second-order valence-electron chi connectivity index (χ2n) is 6.75. The van der Waals surface area contributed by atoms with Gasteiger partial charge in [0.25, 0.3) is 5.91 Å². The Morgan fingerprint density at radius 3 is 2.60 bits per heavy atom. The molecule has 128 valence electrons. The van der Waals surface area contributed by atoms with Crippen molar-refractivity contribution in [1.29, 1.82) is 0 Å². The molecule has 1 aromatic heterocycles. The molecule has 1 saturated carbocycles. The van der Waals surface area contributed by atoms with Crippen LogP contribution >= 0.6 is 0 Å². The van der Waals surface area contributed by atoms with Crippen LogP contribution in [-0.2, 0) is 11.2 Å². The molecule has 2 heterocycles. The highest BCUT2D eigenvalue weighted by atomic mass is 16.2. The number of nitrogens with one attached hydrogen (secondary N) is 1. The van der Waals surface area contributed by atoms with Gasteiger partial charge in [0.2, 0.25) is 5.91 Å². The number of hydrogen-bond donors (Lipinski definition) is 1. The number of pyridine rings is 1. The second kappa shape index (κ2) is 6.67. The Morgan fingerprint density at radius 2 is 1.84 bits per heavy atom. The predicted octanol–water partition coefficient (Wildman–Crippen LogP) is 3.41. The van der Waals surface area contributed by atoms with Crippen molar-refractivity contribution in [3.05, 3.63) is 53.9 Å². The Morgan fingerprint density at radius 1 is 1.08 bits per heavy atom. The first-order valence-corrected chi connectivity index (χ1v) is 8.88. The third-order valence-corrected chi connectivity index (χ3v) is 5.15.